The highest BCUT2D eigenvalue weighted by Gasteiger charge is 2.22. The van der Waals surface area contributed by atoms with E-state index in [-0.39, 0.29) is 12.5 Å². The van der Waals surface area contributed by atoms with Crippen molar-refractivity contribution in [3.8, 4) is 5.82 Å². The topological polar surface area (TPSA) is 85.0 Å². The molecule has 1 aliphatic rings. The monoisotopic (exact) mass is 352 g/mol. The molecule has 0 saturated carbocycles. The van der Waals surface area contributed by atoms with Gasteiger partial charge in [0.05, 0.1) is 5.69 Å². The summed E-state index contributed by atoms with van der Waals surface area (Å²) in [4.78, 5) is 16.3. The molecule has 3 aromatic heterocycles. The first-order chi connectivity index (χ1) is 12.7. The maximum Gasteiger partial charge on any atom is 0.244 e. The molecular weight excluding hydrogens is 332 g/mol. The fourth-order valence-electron chi connectivity index (χ4n) is 2.97. The van der Waals surface area contributed by atoms with Crippen LogP contribution in [0.25, 0.3) is 5.82 Å². The summed E-state index contributed by atoms with van der Waals surface area (Å²) < 4.78 is 3.36. The molecule has 0 aromatic carbocycles. The second-order valence-electron chi connectivity index (χ2n) is 6.22. The average Bonchev–Trinajstić information content (AvgIpc) is 3.34. The molecule has 1 amide bonds. The first kappa shape index (κ1) is 16.2. The third kappa shape index (κ3) is 3.41. The van der Waals surface area contributed by atoms with E-state index < -0.39 is 0 Å². The molecule has 4 heterocycles. The zero-order chi connectivity index (χ0) is 17.9. The van der Waals surface area contributed by atoms with Crippen LogP contribution in [0, 0.1) is 6.92 Å². The van der Waals surface area contributed by atoms with E-state index in [2.05, 4.69) is 25.3 Å². The van der Waals surface area contributed by atoms with Crippen LogP contribution >= 0.6 is 0 Å². The van der Waals surface area contributed by atoms with Gasteiger partial charge in [-0.3, -0.25) is 9.48 Å². The molecule has 134 valence electrons. The van der Waals surface area contributed by atoms with E-state index in [1.807, 2.05) is 42.3 Å². The number of aromatic nitrogens is 6. The number of aryl methyl sites for hydroxylation is 1. The second-order valence-corrected chi connectivity index (χ2v) is 6.22. The fourth-order valence-corrected chi connectivity index (χ4v) is 2.97. The highest BCUT2D eigenvalue weighted by molar-refractivity contribution is 5.76. The maximum atomic E-state index is 12.3. The summed E-state index contributed by atoms with van der Waals surface area (Å²) in [5.74, 6) is 1.59. The van der Waals surface area contributed by atoms with Crippen LogP contribution < -0.4 is 4.90 Å². The normalized spacial score (nSPS) is 14.7. The quantitative estimate of drug-likeness (QED) is 0.680. The molecule has 9 heteroatoms. The van der Waals surface area contributed by atoms with Gasteiger partial charge in [-0.15, -0.1) is 10.2 Å². The van der Waals surface area contributed by atoms with Crippen LogP contribution in [0.5, 0.6) is 0 Å². The number of anilines is 1. The third-order valence-corrected chi connectivity index (χ3v) is 4.41. The van der Waals surface area contributed by atoms with Crippen molar-refractivity contribution in [1.29, 1.82) is 0 Å². The van der Waals surface area contributed by atoms with Crippen LogP contribution in [0.15, 0.2) is 42.9 Å². The summed E-state index contributed by atoms with van der Waals surface area (Å²) in [6, 6.07) is 7.60. The lowest BCUT2D eigenvalue weighted by Gasteiger charge is -2.35. The van der Waals surface area contributed by atoms with Gasteiger partial charge in [-0.05, 0) is 31.2 Å². The molecule has 4 rings (SSSR count). The standard InChI is InChI=1S/C17H20N8O/c1-14-5-8-25(21-14)16-4-3-15(19-20-16)22-9-11-23(12-10-22)17(26)13-24-7-2-6-18-24/h2-8H,9-13H2,1H3. The first-order valence-electron chi connectivity index (χ1n) is 8.55. The molecule has 0 N–H and O–H groups in total. The van der Waals surface area contributed by atoms with E-state index in [1.54, 1.807) is 21.8 Å². The molecule has 0 radical (unpaired) electrons. The molecular formula is C17H20N8O. The van der Waals surface area contributed by atoms with Gasteiger partial charge in [0.15, 0.2) is 11.6 Å². The summed E-state index contributed by atoms with van der Waals surface area (Å²) in [7, 11) is 0. The van der Waals surface area contributed by atoms with Crippen molar-refractivity contribution in [3.63, 3.8) is 0 Å². The Morgan fingerprint density at radius 3 is 2.42 bits per heavy atom. The van der Waals surface area contributed by atoms with Gasteiger partial charge in [0.25, 0.3) is 0 Å². The number of carbonyl (C=O) groups excluding carboxylic acids is 1. The first-order valence-corrected chi connectivity index (χ1v) is 8.55. The molecule has 0 spiro atoms. The van der Waals surface area contributed by atoms with Crippen LogP contribution in [0.4, 0.5) is 5.82 Å². The van der Waals surface area contributed by atoms with Crippen molar-refractivity contribution in [2.75, 3.05) is 31.1 Å². The molecule has 9 nitrogen and oxygen atoms in total. The number of nitrogens with zero attached hydrogens (tertiary/aromatic N) is 8. The van der Waals surface area contributed by atoms with Crippen molar-refractivity contribution in [3.05, 3.63) is 48.5 Å². The summed E-state index contributed by atoms with van der Waals surface area (Å²) in [5, 5.41) is 17.0. The van der Waals surface area contributed by atoms with Crippen molar-refractivity contribution in [2.45, 2.75) is 13.5 Å². The predicted molar refractivity (Wildman–Crippen MR) is 94.9 cm³/mol. The maximum absolute atomic E-state index is 12.3. The van der Waals surface area contributed by atoms with E-state index in [9.17, 15) is 4.79 Å². The van der Waals surface area contributed by atoms with Crippen LogP contribution in [-0.4, -0.2) is 66.7 Å². The van der Waals surface area contributed by atoms with E-state index in [4.69, 9.17) is 0 Å². The van der Waals surface area contributed by atoms with E-state index in [1.165, 1.54) is 0 Å². The number of rotatable bonds is 4. The van der Waals surface area contributed by atoms with Gasteiger partial charge >= 0.3 is 0 Å². The Morgan fingerprint density at radius 1 is 1.04 bits per heavy atom. The predicted octanol–water partition coefficient (Wildman–Crippen LogP) is 0.516. The van der Waals surface area contributed by atoms with E-state index >= 15 is 0 Å². The van der Waals surface area contributed by atoms with Crippen molar-refractivity contribution < 1.29 is 4.79 Å². The van der Waals surface area contributed by atoms with Gasteiger partial charge in [0, 0.05) is 44.8 Å². The molecule has 3 aromatic rings. The lowest BCUT2D eigenvalue weighted by Crippen LogP contribution is -2.50. The Kier molecular flexibility index (Phi) is 4.34. The van der Waals surface area contributed by atoms with Crippen LogP contribution in [-0.2, 0) is 11.3 Å². The number of piperazine rings is 1. The molecule has 26 heavy (non-hydrogen) atoms. The number of hydrogen-bond acceptors (Lipinski definition) is 6. The van der Waals surface area contributed by atoms with Gasteiger partial charge < -0.3 is 9.80 Å². The van der Waals surface area contributed by atoms with Gasteiger partial charge in [0.2, 0.25) is 5.91 Å². The SMILES string of the molecule is Cc1ccn(-c2ccc(N3CCN(C(=O)Cn4cccn4)CC3)nn2)n1. The largest absolute Gasteiger partial charge is 0.352 e. The van der Waals surface area contributed by atoms with Gasteiger partial charge in [-0.1, -0.05) is 0 Å². The van der Waals surface area contributed by atoms with Crippen LogP contribution in [0.2, 0.25) is 0 Å². The molecule has 0 atom stereocenters. The number of amides is 1. The van der Waals surface area contributed by atoms with Crippen LogP contribution in [0.3, 0.4) is 0 Å². The lowest BCUT2D eigenvalue weighted by molar-refractivity contribution is -0.132. The van der Waals surface area contributed by atoms with Gasteiger partial charge in [-0.2, -0.15) is 10.2 Å². The summed E-state index contributed by atoms with van der Waals surface area (Å²) in [6.45, 7) is 5.03. The average molecular weight is 352 g/mol. The van der Waals surface area contributed by atoms with Crippen molar-refractivity contribution in [2.24, 2.45) is 0 Å². The molecule has 0 bridgehead atoms. The van der Waals surface area contributed by atoms with Gasteiger partial charge in [-0.25, -0.2) is 4.68 Å². The van der Waals surface area contributed by atoms with Crippen molar-refractivity contribution in [1.82, 2.24) is 34.7 Å². The third-order valence-electron chi connectivity index (χ3n) is 4.41. The van der Waals surface area contributed by atoms with Crippen molar-refractivity contribution >= 4 is 11.7 Å². The molecule has 0 unspecified atom stereocenters. The fraction of sp³-hybridized carbons (Fsp3) is 0.353. The zero-order valence-corrected chi connectivity index (χ0v) is 14.6. The summed E-state index contributed by atoms with van der Waals surface area (Å²) in [5.41, 5.74) is 0.937. The Balaban J connectivity index is 1.35. The summed E-state index contributed by atoms with van der Waals surface area (Å²) in [6.07, 6.45) is 5.34. The molecule has 1 fully saturated rings. The molecule has 1 saturated heterocycles. The Morgan fingerprint density at radius 2 is 1.81 bits per heavy atom. The highest BCUT2D eigenvalue weighted by atomic mass is 16.2. The highest BCUT2D eigenvalue weighted by Crippen LogP contribution is 2.14. The van der Waals surface area contributed by atoms with E-state index in [0.29, 0.717) is 18.9 Å². The van der Waals surface area contributed by atoms with E-state index in [0.717, 1.165) is 24.6 Å². The minimum absolute atomic E-state index is 0.0869. The smallest absolute Gasteiger partial charge is 0.244 e. The zero-order valence-electron chi connectivity index (χ0n) is 14.6. The second kappa shape index (κ2) is 6.95. The molecule has 1 aliphatic heterocycles. The Hall–Kier alpha value is -3.23. The number of carbonyl (C=O) groups is 1. The Bertz CT molecular complexity index is 863. The number of hydrogen-bond donors (Lipinski definition) is 0. The molecule has 0 aliphatic carbocycles. The van der Waals surface area contributed by atoms with Gasteiger partial charge in [0.1, 0.15) is 6.54 Å². The minimum Gasteiger partial charge on any atom is -0.352 e. The summed E-state index contributed by atoms with van der Waals surface area (Å²) >= 11 is 0. The minimum atomic E-state index is 0.0869. The lowest BCUT2D eigenvalue weighted by atomic mass is 10.3. The van der Waals surface area contributed by atoms with Crippen LogP contribution in [0.1, 0.15) is 5.69 Å². The Labute approximate surface area is 150 Å².